The zero-order valence-corrected chi connectivity index (χ0v) is 12.6. The molecule has 1 aromatic carbocycles. The molecule has 0 unspecified atom stereocenters. The maximum atomic E-state index is 11.5. The Kier molecular flexibility index (Phi) is 3.54. The Morgan fingerprint density at radius 3 is 2.85 bits per heavy atom. The molecular formula is C15H21N3OS. The Hall–Kier alpha value is -1.36. The number of nitrogens with one attached hydrogen (secondary N) is 2. The molecule has 0 spiro atoms. The molecule has 1 aromatic rings. The molecular weight excluding hydrogens is 270 g/mol. The Bertz CT molecular complexity index is 535. The number of fused-ring (bicyclic) bond motifs is 1. The number of carbonyl (C=O) groups excluding carboxylic acids is 1. The van der Waals surface area contributed by atoms with Crippen molar-refractivity contribution in [3.8, 4) is 0 Å². The van der Waals surface area contributed by atoms with Crippen LogP contribution < -0.4 is 16.4 Å². The average molecular weight is 291 g/mol. The van der Waals surface area contributed by atoms with E-state index in [1.807, 2.05) is 23.9 Å². The highest BCUT2D eigenvalue weighted by atomic mass is 32.2. The summed E-state index contributed by atoms with van der Waals surface area (Å²) in [6.07, 6.45) is 7.36. The number of carbonyl (C=O) groups is 1. The van der Waals surface area contributed by atoms with Crippen LogP contribution in [0.5, 0.6) is 0 Å². The Morgan fingerprint density at radius 1 is 1.40 bits per heavy atom. The molecule has 5 heteroatoms. The van der Waals surface area contributed by atoms with Gasteiger partial charge in [-0.05, 0) is 43.2 Å². The molecule has 0 saturated heterocycles. The number of anilines is 3. The van der Waals surface area contributed by atoms with E-state index < -0.39 is 0 Å². The monoisotopic (exact) mass is 291 g/mol. The van der Waals surface area contributed by atoms with Crippen LogP contribution in [0, 0.1) is 0 Å². The van der Waals surface area contributed by atoms with Gasteiger partial charge in [-0.1, -0.05) is 6.42 Å². The second-order valence-corrected chi connectivity index (χ2v) is 7.01. The number of hydrogen-bond donors (Lipinski definition) is 3. The third-order valence-electron chi connectivity index (χ3n) is 4.47. The van der Waals surface area contributed by atoms with Crippen molar-refractivity contribution < 1.29 is 4.79 Å². The summed E-state index contributed by atoms with van der Waals surface area (Å²) in [5, 5.41) is 6.40. The Balaban J connectivity index is 1.76. The topological polar surface area (TPSA) is 67.1 Å². The molecule has 1 heterocycles. The molecule has 1 saturated carbocycles. The van der Waals surface area contributed by atoms with E-state index >= 15 is 0 Å². The molecule has 2 aliphatic rings. The first kappa shape index (κ1) is 13.6. The summed E-state index contributed by atoms with van der Waals surface area (Å²) in [6.45, 7) is 0.936. The van der Waals surface area contributed by atoms with Crippen molar-refractivity contribution in [3.63, 3.8) is 0 Å². The summed E-state index contributed by atoms with van der Waals surface area (Å²) < 4.78 is 0.367. The van der Waals surface area contributed by atoms with Gasteiger partial charge in [-0.3, -0.25) is 4.79 Å². The molecule has 0 radical (unpaired) electrons. The van der Waals surface area contributed by atoms with Crippen LogP contribution >= 0.6 is 11.8 Å². The lowest BCUT2D eigenvalue weighted by Gasteiger charge is -2.40. The zero-order chi connectivity index (χ0) is 14.2. The molecule has 1 aliphatic carbocycles. The summed E-state index contributed by atoms with van der Waals surface area (Å²) in [7, 11) is 0. The molecule has 4 nitrogen and oxygen atoms in total. The molecule has 4 N–H and O–H groups in total. The van der Waals surface area contributed by atoms with Gasteiger partial charge in [-0.25, -0.2) is 0 Å². The van der Waals surface area contributed by atoms with Crippen LogP contribution in [-0.4, -0.2) is 23.5 Å². The number of thioether (sulfide) groups is 1. The van der Waals surface area contributed by atoms with Gasteiger partial charge in [0.1, 0.15) is 0 Å². The summed E-state index contributed by atoms with van der Waals surface area (Å²) in [5.74, 6) is 0.0906. The van der Waals surface area contributed by atoms with Gasteiger partial charge in [0.05, 0.1) is 11.4 Å². The number of benzene rings is 1. The van der Waals surface area contributed by atoms with Crippen molar-refractivity contribution in [2.45, 2.75) is 36.9 Å². The highest BCUT2D eigenvalue weighted by Crippen LogP contribution is 2.43. The highest BCUT2D eigenvalue weighted by Gasteiger charge is 2.35. The third kappa shape index (κ3) is 2.46. The minimum absolute atomic E-state index is 0.0906. The molecule has 1 fully saturated rings. The maximum Gasteiger partial charge on any atom is 0.224 e. The number of nitrogen functional groups attached to an aromatic ring is 1. The normalized spacial score (nSPS) is 19.8. The predicted octanol–water partition coefficient (Wildman–Crippen LogP) is 2.85. The third-order valence-corrected chi connectivity index (χ3v) is 5.89. The van der Waals surface area contributed by atoms with Crippen LogP contribution in [0.4, 0.5) is 17.1 Å². The quantitative estimate of drug-likeness (QED) is 0.746. The second kappa shape index (κ2) is 5.20. The fourth-order valence-electron chi connectivity index (χ4n) is 2.88. The highest BCUT2D eigenvalue weighted by molar-refractivity contribution is 8.00. The van der Waals surface area contributed by atoms with Crippen molar-refractivity contribution in [1.29, 1.82) is 0 Å². The molecule has 108 valence electrons. The fourth-order valence-corrected chi connectivity index (χ4v) is 3.79. The molecule has 0 aromatic heterocycles. The number of amides is 1. The summed E-state index contributed by atoms with van der Waals surface area (Å²) in [6, 6.07) is 3.97. The first-order valence-corrected chi connectivity index (χ1v) is 8.36. The minimum Gasteiger partial charge on any atom is -0.397 e. The molecule has 0 bridgehead atoms. The molecule has 20 heavy (non-hydrogen) atoms. The van der Waals surface area contributed by atoms with E-state index in [-0.39, 0.29) is 5.91 Å². The molecule has 3 rings (SSSR count). The lowest BCUT2D eigenvalue weighted by molar-refractivity contribution is -0.116. The van der Waals surface area contributed by atoms with Gasteiger partial charge in [0.25, 0.3) is 0 Å². The first-order valence-electron chi connectivity index (χ1n) is 7.13. The number of nitrogens with two attached hydrogens (primary N) is 1. The molecule has 1 amide bonds. The van der Waals surface area contributed by atoms with Crippen molar-refractivity contribution in [2.75, 3.05) is 29.2 Å². The number of rotatable bonds is 4. The summed E-state index contributed by atoms with van der Waals surface area (Å²) in [4.78, 5) is 11.5. The molecule has 1 aliphatic heterocycles. The standard InChI is InChI=1S/C15H21N3OS/c1-20-15(5-2-6-15)9-17-13-8-12-10(7-11(13)16)3-4-14(19)18-12/h7-8,17H,2-6,9,16H2,1H3,(H,18,19). The second-order valence-electron chi connectivity index (χ2n) is 5.74. The van der Waals surface area contributed by atoms with Crippen LogP contribution in [0.1, 0.15) is 31.2 Å². The van der Waals surface area contributed by atoms with Gasteiger partial charge in [0.2, 0.25) is 5.91 Å². The SMILES string of the molecule is CSC1(CNc2cc3c(cc2N)CCC(=O)N3)CCC1. The van der Waals surface area contributed by atoms with Crippen molar-refractivity contribution in [3.05, 3.63) is 17.7 Å². The van der Waals surface area contributed by atoms with E-state index in [2.05, 4.69) is 16.9 Å². The number of hydrogen-bond acceptors (Lipinski definition) is 4. The molecule has 0 atom stereocenters. The number of aryl methyl sites for hydroxylation is 1. The van der Waals surface area contributed by atoms with Crippen LogP contribution in [0.25, 0.3) is 0 Å². The van der Waals surface area contributed by atoms with E-state index in [0.717, 1.165) is 35.6 Å². The maximum absolute atomic E-state index is 11.5. The van der Waals surface area contributed by atoms with E-state index in [4.69, 9.17) is 5.73 Å². The van der Waals surface area contributed by atoms with Crippen LogP contribution in [0.3, 0.4) is 0 Å². The van der Waals surface area contributed by atoms with E-state index in [0.29, 0.717) is 11.2 Å². The lowest BCUT2D eigenvalue weighted by Crippen LogP contribution is -2.40. The smallest absolute Gasteiger partial charge is 0.224 e. The van der Waals surface area contributed by atoms with Gasteiger partial charge in [0.15, 0.2) is 0 Å². The van der Waals surface area contributed by atoms with Gasteiger partial charge in [0, 0.05) is 23.4 Å². The Labute approximate surface area is 123 Å². The Morgan fingerprint density at radius 2 is 2.20 bits per heavy atom. The van der Waals surface area contributed by atoms with Gasteiger partial charge in [-0.2, -0.15) is 11.8 Å². The largest absolute Gasteiger partial charge is 0.397 e. The van der Waals surface area contributed by atoms with Gasteiger partial charge < -0.3 is 16.4 Å². The van der Waals surface area contributed by atoms with Crippen LogP contribution in [0.2, 0.25) is 0 Å². The minimum atomic E-state index is 0.0906. The van der Waals surface area contributed by atoms with E-state index in [1.54, 1.807) is 0 Å². The predicted molar refractivity (Wildman–Crippen MR) is 86.4 cm³/mol. The summed E-state index contributed by atoms with van der Waals surface area (Å²) in [5.41, 5.74) is 9.88. The van der Waals surface area contributed by atoms with Crippen molar-refractivity contribution >= 4 is 34.7 Å². The van der Waals surface area contributed by atoms with E-state index in [9.17, 15) is 4.79 Å². The van der Waals surface area contributed by atoms with Crippen LogP contribution in [-0.2, 0) is 11.2 Å². The summed E-state index contributed by atoms with van der Waals surface area (Å²) >= 11 is 1.94. The fraction of sp³-hybridized carbons (Fsp3) is 0.533. The van der Waals surface area contributed by atoms with Crippen molar-refractivity contribution in [2.24, 2.45) is 0 Å². The lowest BCUT2D eigenvalue weighted by atomic mass is 9.84. The first-order chi connectivity index (χ1) is 9.62. The average Bonchev–Trinajstić information content (AvgIpc) is 2.39. The van der Waals surface area contributed by atoms with Gasteiger partial charge >= 0.3 is 0 Å². The zero-order valence-electron chi connectivity index (χ0n) is 11.8. The van der Waals surface area contributed by atoms with Crippen LogP contribution in [0.15, 0.2) is 12.1 Å². The van der Waals surface area contributed by atoms with E-state index in [1.165, 1.54) is 19.3 Å². The van der Waals surface area contributed by atoms with Crippen molar-refractivity contribution in [1.82, 2.24) is 0 Å². The van der Waals surface area contributed by atoms with Gasteiger partial charge in [-0.15, -0.1) is 0 Å².